The zero-order valence-corrected chi connectivity index (χ0v) is 11.2. The Kier molecular flexibility index (Phi) is 8.43. The number of hydrogen-bond acceptors (Lipinski definition) is 2. The summed E-state index contributed by atoms with van der Waals surface area (Å²) in [6.45, 7) is 9.26. The molecule has 0 fully saturated rings. The molecule has 0 spiro atoms. The molecule has 0 unspecified atom stereocenters. The van der Waals surface area contributed by atoms with E-state index in [0.29, 0.717) is 0 Å². The summed E-state index contributed by atoms with van der Waals surface area (Å²) in [6.07, 6.45) is 3.65. The molecule has 0 N–H and O–H groups in total. The predicted octanol–water partition coefficient (Wildman–Crippen LogP) is 3.37. The highest BCUT2D eigenvalue weighted by Crippen LogP contribution is 2.05. The lowest BCUT2D eigenvalue weighted by Crippen LogP contribution is -2.12. The molecule has 0 heterocycles. The first kappa shape index (κ1) is 14.8. The van der Waals surface area contributed by atoms with E-state index in [1.807, 2.05) is 43.0 Å². The van der Waals surface area contributed by atoms with Gasteiger partial charge in [0.1, 0.15) is 0 Å². The van der Waals surface area contributed by atoms with Gasteiger partial charge in [0, 0.05) is 14.2 Å². The number of hydrogen-bond donors (Lipinski definition) is 0. The SMILES string of the molecule is C=Cc1ccc(C=C)cc1.CO[Si](C)OC. The maximum absolute atomic E-state index is 4.78. The molecule has 16 heavy (non-hydrogen) atoms. The van der Waals surface area contributed by atoms with Crippen LogP contribution in [-0.2, 0) is 8.85 Å². The van der Waals surface area contributed by atoms with Crippen molar-refractivity contribution < 1.29 is 8.85 Å². The fraction of sp³-hybridized carbons (Fsp3) is 0.231. The Bertz CT molecular complexity index is 275. The van der Waals surface area contributed by atoms with E-state index in [1.165, 1.54) is 0 Å². The fourth-order valence-electron chi connectivity index (χ4n) is 0.852. The van der Waals surface area contributed by atoms with Crippen molar-refractivity contribution in [2.45, 2.75) is 6.55 Å². The molecule has 0 amide bonds. The Hall–Kier alpha value is -1.16. The van der Waals surface area contributed by atoms with Crippen molar-refractivity contribution in [1.82, 2.24) is 0 Å². The summed E-state index contributed by atoms with van der Waals surface area (Å²) in [4.78, 5) is 0. The average molecular weight is 235 g/mol. The van der Waals surface area contributed by atoms with Crippen LogP contribution in [0.5, 0.6) is 0 Å². The maximum atomic E-state index is 4.78. The van der Waals surface area contributed by atoms with Gasteiger partial charge in [0.25, 0.3) is 0 Å². The highest BCUT2D eigenvalue weighted by Gasteiger charge is 1.97. The van der Waals surface area contributed by atoms with Crippen LogP contribution in [0.15, 0.2) is 37.4 Å². The minimum atomic E-state index is -0.868. The third-order valence-corrected chi connectivity index (χ3v) is 3.13. The van der Waals surface area contributed by atoms with Crippen LogP contribution in [0, 0.1) is 0 Å². The van der Waals surface area contributed by atoms with Crippen molar-refractivity contribution in [3.63, 3.8) is 0 Å². The summed E-state index contributed by atoms with van der Waals surface area (Å²) in [5.41, 5.74) is 2.29. The molecule has 0 aliphatic rings. The molecule has 0 aliphatic heterocycles. The predicted molar refractivity (Wildman–Crippen MR) is 72.3 cm³/mol. The molecule has 0 bridgehead atoms. The standard InChI is InChI=1S/C10H10.C3H9O2Si/c1-3-9-5-7-10(4-2)8-6-9;1-4-6(3)5-2/h3-8H,1-2H2;1-3H3. The van der Waals surface area contributed by atoms with Gasteiger partial charge < -0.3 is 8.85 Å². The van der Waals surface area contributed by atoms with Crippen molar-refractivity contribution in [3.8, 4) is 0 Å². The summed E-state index contributed by atoms with van der Waals surface area (Å²) >= 11 is 0. The molecule has 1 aromatic carbocycles. The van der Waals surface area contributed by atoms with E-state index in [9.17, 15) is 0 Å². The van der Waals surface area contributed by atoms with E-state index in [2.05, 4.69) is 13.2 Å². The van der Waals surface area contributed by atoms with Crippen molar-refractivity contribution in [2.24, 2.45) is 0 Å². The monoisotopic (exact) mass is 235 g/mol. The van der Waals surface area contributed by atoms with Gasteiger partial charge in [-0.15, -0.1) is 0 Å². The molecule has 0 aliphatic carbocycles. The molecule has 1 aromatic rings. The molecular formula is C13H19O2Si. The first-order valence-electron chi connectivity index (χ1n) is 4.94. The Labute approximate surface area is 100 Å². The van der Waals surface area contributed by atoms with Gasteiger partial charge >= 0.3 is 9.28 Å². The Morgan fingerprint density at radius 3 is 1.38 bits per heavy atom. The molecule has 0 saturated carbocycles. The smallest absolute Gasteiger partial charge is 0.380 e. The number of rotatable bonds is 4. The molecule has 0 saturated heterocycles. The van der Waals surface area contributed by atoms with Crippen LogP contribution in [0.1, 0.15) is 11.1 Å². The molecule has 1 radical (unpaired) electrons. The van der Waals surface area contributed by atoms with E-state index >= 15 is 0 Å². The minimum Gasteiger partial charge on any atom is -0.397 e. The second-order valence-electron chi connectivity index (χ2n) is 2.97. The van der Waals surface area contributed by atoms with Crippen molar-refractivity contribution in [2.75, 3.05) is 14.2 Å². The second-order valence-corrected chi connectivity index (χ2v) is 4.77. The normalized spacial score (nSPS) is 9.25. The van der Waals surface area contributed by atoms with Crippen LogP contribution in [0.3, 0.4) is 0 Å². The van der Waals surface area contributed by atoms with Gasteiger partial charge in [-0.25, -0.2) is 0 Å². The zero-order valence-electron chi connectivity index (χ0n) is 10.2. The Morgan fingerprint density at radius 1 is 0.938 bits per heavy atom. The molecule has 0 aromatic heterocycles. The minimum absolute atomic E-state index is 0.868. The zero-order chi connectivity index (χ0) is 12.4. The molecule has 1 rings (SSSR count). The van der Waals surface area contributed by atoms with Gasteiger partial charge in [-0.05, 0) is 17.7 Å². The summed E-state index contributed by atoms with van der Waals surface area (Å²) in [5.74, 6) is 0. The lowest BCUT2D eigenvalue weighted by Gasteiger charge is -1.98. The number of benzene rings is 1. The van der Waals surface area contributed by atoms with E-state index in [1.54, 1.807) is 14.2 Å². The van der Waals surface area contributed by atoms with Crippen molar-refractivity contribution in [3.05, 3.63) is 48.6 Å². The molecule has 0 atom stereocenters. The van der Waals surface area contributed by atoms with E-state index in [4.69, 9.17) is 8.85 Å². The van der Waals surface area contributed by atoms with Crippen LogP contribution in [0.2, 0.25) is 6.55 Å². The Balaban J connectivity index is 0.000000325. The quantitative estimate of drug-likeness (QED) is 0.745. The van der Waals surface area contributed by atoms with E-state index in [0.717, 1.165) is 11.1 Å². The lowest BCUT2D eigenvalue weighted by atomic mass is 10.1. The van der Waals surface area contributed by atoms with E-state index < -0.39 is 9.28 Å². The molecular weight excluding hydrogens is 216 g/mol. The van der Waals surface area contributed by atoms with Crippen LogP contribution < -0.4 is 0 Å². The van der Waals surface area contributed by atoms with Gasteiger partial charge in [0.05, 0.1) is 0 Å². The average Bonchev–Trinajstić information content (AvgIpc) is 2.38. The maximum Gasteiger partial charge on any atom is 0.380 e. The summed E-state index contributed by atoms with van der Waals surface area (Å²) in [6, 6.07) is 8.07. The Morgan fingerprint density at radius 2 is 1.25 bits per heavy atom. The first-order valence-corrected chi connectivity index (χ1v) is 6.76. The first-order chi connectivity index (χ1) is 7.67. The van der Waals surface area contributed by atoms with E-state index in [-0.39, 0.29) is 0 Å². The van der Waals surface area contributed by atoms with Gasteiger partial charge in [0.15, 0.2) is 0 Å². The molecule has 87 valence electrons. The third-order valence-electron chi connectivity index (χ3n) is 1.98. The van der Waals surface area contributed by atoms with Gasteiger partial charge in [0.2, 0.25) is 0 Å². The largest absolute Gasteiger partial charge is 0.397 e. The highest BCUT2D eigenvalue weighted by atomic mass is 28.3. The summed E-state index contributed by atoms with van der Waals surface area (Å²) < 4.78 is 9.56. The summed E-state index contributed by atoms with van der Waals surface area (Å²) in [5, 5.41) is 0. The van der Waals surface area contributed by atoms with Gasteiger partial charge in [-0.3, -0.25) is 0 Å². The molecule has 3 heteroatoms. The second kappa shape index (κ2) is 9.09. The molecule has 2 nitrogen and oxygen atoms in total. The van der Waals surface area contributed by atoms with Crippen LogP contribution in [-0.4, -0.2) is 23.5 Å². The van der Waals surface area contributed by atoms with Gasteiger partial charge in [-0.2, -0.15) is 0 Å². The van der Waals surface area contributed by atoms with Gasteiger partial charge in [-0.1, -0.05) is 49.6 Å². The summed E-state index contributed by atoms with van der Waals surface area (Å²) in [7, 11) is 2.43. The van der Waals surface area contributed by atoms with Crippen LogP contribution in [0.4, 0.5) is 0 Å². The topological polar surface area (TPSA) is 18.5 Å². The van der Waals surface area contributed by atoms with Crippen LogP contribution >= 0.6 is 0 Å². The van der Waals surface area contributed by atoms with Crippen LogP contribution in [0.25, 0.3) is 12.2 Å². The highest BCUT2D eigenvalue weighted by molar-refractivity contribution is 6.42. The third kappa shape index (κ3) is 6.34. The lowest BCUT2D eigenvalue weighted by molar-refractivity contribution is 0.285. The van der Waals surface area contributed by atoms with Crippen molar-refractivity contribution >= 4 is 21.4 Å². The van der Waals surface area contributed by atoms with Crippen molar-refractivity contribution in [1.29, 1.82) is 0 Å². The fourth-order valence-corrected chi connectivity index (χ4v) is 1.02.